The Morgan fingerprint density at radius 2 is 1.78 bits per heavy atom. The van der Waals surface area contributed by atoms with Crippen LogP contribution in [0.15, 0.2) is 12.1 Å². The third kappa shape index (κ3) is 5.60. The summed E-state index contributed by atoms with van der Waals surface area (Å²) in [6, 6.07) is 4.03. The molecule has 1 aliphatic heterocycles. The van der Waals surface area contributed by atoms with Crippen molar-refractivity contribution in [2.45, 2.75) is 39.8 Å². The Morgan fingerprint density at radius 3 is 2.33 bits per heavy atom. The summed E-state index contributed by atoms with van der Waals surface area (Å²) >= 11 is 0. The third-order valence-corrected chi connectivity index (χ3v) is 4.69. The lowest BCUT2D eigenvalue weighted by Crippen LogP contribution is -2.46. The summed E-state index contributed by atoms with van der Waals surface area (Å²) in [5.41, 5.74) is 2.26. The summed E-state index contributed by atoms with van der Waals surface area (Å²) in [7, 11) is 3.23. The molecule has 0 radical (unpaired) electrons. The van der Waals surface area contributed by atoms with Crippen LogP contribution in [0.1, 0.15) is 31.9 Å². The van der Waals surface area contributed by atoms with Crippen LogP contribution in [0.5, 0.6) is 11.5 Å². The molecule has 0 bridgehead atoms. The zero-order valence-corrected chi connectivity index (χ0v) is 17.0. The van der Waals surface area contributed by atoms with Crippen LogP contribution >= 0.6 is 0 Å². The molecule has 0 unspecified atom stereocenters. The van der Waals surface area contributed by atoms with Crippen molar-refractivity contribution in [3.05, 3.63) is 23.3 Å². The van der Waals surface area contributed by atoms with Gasteiger partial charge >= 0.3 is 0 Å². The fraction of sp³-hybridized carbons (Fsp3) is 0.600. The van der Waals surface area contributed by atoms with Crippen molar-refractivity contribution in [3.63, 3.8) is 0 Å². The highest BCUT2D eigenvalue weighted by molar-refractivity contribution is 5.81. The van der Waals surface area contributed by atoms with E-state index in [0.717, 1.165) is 12.0 Å². The van der Waals surface area contributed by atoms with Gasteiger partial charge in [0.15, 0.2) is 11.5 Å². The van der Waals surface area contributed by atoms with E-state index >= 15 is 0 Å². The summed E-state index contributed by atoms with van der Waals surface area (Å²) in [6.45, 7) is 8.13. The number of rotatable bonds is 8. The van der Waals surface area contributed by atoms with Gasteiger partial charge < -0.3 is 19.7 Å². The molecule has 0 spiro atoms. The van der Waals surface area contributed by atoms with Crippen LogP contribution in [0.3, 0.4) is 0 Å². The lowest BCUT2D eigenvalue weighted by molar-refractivity contribution is -0.134. The molecule has 1 aromatic rings. The Labute approximate surface area is 161 Å². The topological polar surface area (TPSA) is 71.1 Å². The van der Waals surface area contributed by atoms with Crippen LogP contribution in [0.4, 0.5) is 0 Å². The number of nitrogens with one attached hydrogen (secondary N) is 1. The van der Waals surface area contributed by atoms with Crippen LogP contribution in [-0.4, -0.2) is 68.1 Å². The second-order valence-corrected chi connectivity index (χ2v) is 7.07. The minimum Gasteiger partial charge on any atom is -0.493 e. The number of benzene rings is 1. The predicted octanol–water partition coefficient (Wildman–Crippen LogP) is 1.43. The van der Waals surface area contributed by atoms with Crippen molar-refractivity contribution in [2.24, 2.45) is 0 Å². The number of amides is 2. The highest BCUT2D eigenvalue weighted by atomic mass is 16.5. The highest BCUT2D eigenvalue weighted by Gasteiger charge is 2.24. The van der Waals surface area contributed by atoms with Gasteiger partial charge in [-0.2, -0.15) is 0 Å². The SMILES string of the molecule is CCN(CC(=O)NC(C)C)CC(=O)N1CCc2cc(OC)c(OC)cc2C1. The lowest BCUT2D eigenvalue weighted by Gasteiger charge is -2.31. The van der Waals surface area contributed by atoms with E-state index in [-0.39, 0.29) is 30.9 Å². The number of likely N-dealkylation sites (N-methyl/N-ethyl adjacent to an activating group) is 1. The number of carbonyl (C=O) groups is 2. The van der Waals surface area contributed by atoms with Crippen LogP contribution in [0.25, 0.3) is 0 Å². The molecular formula is C20H31N3O4. The molecule has 27 heavy (non-hydrogen) atoms. The van der Waals surface area contributed by atoms with E-state index in [0.29, 0.717) is 31.1 Å². The summed E-state index contributed by atoms with van der Waals surface area (Å²) in [5, 5.41) is 2.87. The number of carbonyl (C=O) groups excluding carboxylic acids is 2. The molecule has 7 nitrogen and oxygen atoms in total. The Kier molecular flexibility index (Phi) is 7.47. The lowest BCUT2D eigenvalue weighted by atomic mass is 9.98. The summed E-state index contributed by atoms with van der Waals surface area (Å²) < 4.78 is 10.7. The molecule has 1 aromatic carbocycles. The van der Waals surface area contributed by atoms with Crippen molar-refractivity contribution in [1.82, 2.24) is 15.1 Å². The normalized spacial score (nSPS) is 13.5. The van der Waals surface area contributed by atoms with E-state index in [1.807, 2.05) is 42.7 Å². The van der Waals surface area contributed by atoms with Gasteiger partial charge in [-0.15, -0.1) is 0 Å². The molecule has 0 saturated heterocycles. The number of ether oxygens (including phenoxy) is 2. The monoisotopic (exact) mass is 377 g/mol. The average molecular weight is 377 g/mol. The highest BCUT2D eigenvalue weighted by Crippen LogP contribution is 2.33. The molecule has 0 saturated carbocycles. The molecule has 1 aliphatic rings. The van der Waals surface area contributed by atoms with E-state index in [1.165, 1.54) is 5.56 Å². The number of hydrogen-bond donors (Lipinski definition) is 1. The van der Waals surface area contributed by atoms with Crippen LogP contribution in [-0.2, 0) is 22.6 Å². The third-order valence-electron chi connectivity index (χ3n) is 4.69. The Hall–Kier alpha value is -2.28. The molecule has 150 valence electrons. The number of methoxy groups -OCH3 is 2. The van der Waals surface area contributed by atoms with Crippen molar-refractivity contribution in [1.29, 1.82) is 0 Å². The van der Waals surface area contributed by atoms with Crippen molar-refractivity contribution in [2.75, 3.05) is 40.4 Å². The average Bonchev–Trinajstić information content (AvgIpc) is 2.64. The van der Waals surface area contributed by atoms with E-state index in [9.17, 15) is 9.59 Å². The fourth-order valence-electron chi connectivity index (χ4n) is 3.24. The Bertz CT molecular complexity index is 675. The van der Waals surface area contributed by atoms with Crippen LogP contribution in [0.2, 0.25) is 0 Å². The molecule has 0 fully saturated rings. The fourth-order valence-corrected chi connectivity index (χ4v) is 3.24. The zero-order chi connectivity index (χ0) is 20.0. The maximum atomic E-state index is 12.8. The van der Waals surface area contributed by atoms with Gasteiger partial charge in [0, 0.05) is 19.1 Å². The van der Waals surface area contributed by atoms with Crippen molar-refractivity contribution < 1.29 is 19.1 Å². The van der Waals surface area contributed by atoms with Gasteiger partial charge in [-0.3, -0.25) is 14.5 Å². The molecule has 0 aliphatic carbocycles. The minimum absolute atomic E-state index is 0.0367. The first kappa shape index (κ1) is 21.0. The molecule has 1 N–H and O–H groups in total. The first-order valence-electron chi connectivity index (χ1n) is 9.41. The smallest absolute Gasteiger partial charge is 0.237 e. The van der Waals surface area contributed by atoms with Crippen molar-refractivity contribution in [3.8, 4) is 11.5 Å². The zero-order valence-electron chi connectivity index (χ0n) is 17.0. The minimum atomic E-state index is -0.0551. The largest absolute Gasteiger partial charge is 0.493 e. The second kappa shape index (κ2) is 9.60. The van der Waals surface area contributed by atoms with Gasteiger partial charge in [-0.25, -0.2) is 0 Å². The molecule has 0 atom stereocenters. The maximum Gasteiger partial charge on any atom is 0.237 e. The van der Waals surface area contributed by atoms with Gasteiger partial charge in [0.25, 0.3) is 0 Å². The molecule has 2 rings (SSSR count). The first-order valence-corrected chi connectivity index (χ1v) is 9.41. The van der Waals surface area contributed by atoms with Crippen molar-refractivity contribution >= 4 is 11.8 Å². The first-order chi connectivity index (χ1) is 12.9. The molecular weight excluding hydrogens is 346 g/mol. The Balaban J connectivity index is 2.01. The van der Waals surface area contributed by atoms with E-state index < -0.39 is 0 Å². The second-order valence-electron chi connectivity index (χ2n) is 7.07. The molecule has 2 amide bonds. The van der Waals surface area contributed by atoms with E-state index in [2.05, 4.69) is 5.32 Å². The quantitative estimate of drug-likeness (QED) is 0.742. The standard InChI is InChI=1S/C20H31N3O4/c1-6-22(12-19(24)21-14(2)3)13-20(25)23-8-7-15-9-17(26-4)18(27-5)10-16(15)11-23/h9-10,14H,6-8,11-13H2,1-5H3,(H,21,24). The summed E-state index contributed by atoms with van der Waals surface area (Å²) in [4.78, 5) is 28.4. The predicted molar refractivity (Wildman–Crippen MR) is 104 cm³/mol. The maximum absolute atomic E-state index is 12.8. The Morgan fingerprint density at radius 1 is 1.15 bits per heavy atom. The van der Waals surface area contributed by atoms with Crippen LogP contribution < -0.4 is 14.8 Å². The number of hydrogen-bond acceptors (Lipinski definition) is 5. The van der Waals surface area contributed by atoms with Gasteiger partial charge in [-0.1, -0.05) is 6.92 Å². The summed E-state index contributed by atoms with van der Waals surface area (Å²) in [5.74, 6) is 1.37. The summed E-state index contributed by atoms with van der Waals surface area (Å²) in [6.07, 6.45) is 0.779. The van der Waals surface area contributed by atoms with E-state index in [4.69, 9.17) is 9.47 Å². The number of nitrogens with zero attached hydrogens (tertiary/aromatic N) is 2. The molecule has 1 heterocycles. The molecule has 0 aromatic heterocycles. The van der Waals surface area contributed by atoms with Gasteiger partial charge in [0.1, 0.15) is 0 Å². The molecule has 7 heteroatoms. The number of fused-ring (bicyclic) bond motifs is 1. The van der Waals surface area contributed by atoms with Gasteiger partial charge in [0.2, 0.25) is 11.8 Å². The van der Waals surface area contributed by atoms with Gasteiger partial charge in [0.05, 0.1) is 27.3 Å². The van der Waals surface area contributed by atoms with Crippen LogP contribution in [0, 0.1) is 0 Å². The van der Waals surface area contributed by atoms with Gasteiger partial charge in [-0.05, 0) is 50.1 Å². The van der Waals surface area contributed by atoms with E-state index in [1.54, 1.807) is 14.2 Å².